The fraction of sp³-hybridized carbons (Fsp3) is 0.238. The lowest BCUT2D eigenvalue weighted by molar-refractivity contribution is -0.117. The molecule has 3 heteroatoms. The Balaban J connectivity index is 2.94. The van der Waals surface area contributed by atoms with E-state index in [-0.39, 0.29) is 5.91 Å². The SMILES string of the molecule is C=C/C=C(\C)C(/C=C(\C(=C)C)C(=O)NCc1ccc(C)cc1)=NC. The van der Waals surface area contributed by atoms with E-state index in [1.165, 1.54) is 5.56 Å². The summed E-state index contributed by atoms with van der Waals surface area (Å²) in [5.41, 5.74) is 5.16. The molecule has 0 saturated carbocycles. The molecule has 0 bridgehead atoms. The van der Waals surface area contributed by atoms with Crippen LogP contribution in [0.2, 0.25) is 0 Å². The molecule has 126 valence electrons. The number of rotatable bonds is 7. The number of amides is 1. The summed E-state index contributed by atoms with van der Waals surface area (Å²) < 4.78 is 0. The molecule has 0 atom stereocenters. The van der Waals surface area contributed by atoms with Gasteiger partial charge in [0.1, 0.15) is 0 Å². The van der Waals surface area contributed by atoms with Gasteiger partial charge in [-0.05, 0) is 43.6 Å². The molecule has 0 fully saturated rings. The van der Waals surface area contributed by atoms with Crippen molar-refractivity contribution in [2.75, 3.05) is 7.05 Å². The van der Waals surface area contributed by atoms with Crippen molar-refractivity contribution in [3.8, 4) is 0 Å². The van der Waals surface area contributed by atoms with E-state index in [9.17, 15) is 4.79 Å². The van der Waals surface area contributed by atoms with Crippen LogP contribution in [0.15, 0.2) is 77.4 Å². The maximum atomic E-state index is 12.5. The molecular weight excluding hydrogens is 296 g/mol. The predicted molar refractivity (Wildman–Crippen MR) is 103 cm³/mol. The number of hydrogen-bond acceptors (Lipinski definition) is 2. The molecule has 0 saturated heterocycles. The molecule has 0 aliphatic heterocycles. The van der Waals surface area contributed by atoms with E-state index in [1.54, 1.807) is 19.2 Å². The Labute approximate surface area is 145 Å². The highest BCUT2D eigenvalue weighted by Gasteiger charge is 2.12. The Morgan fingerprint density at radius 1 is 1.25 bits per heavy atom. The number of aliphatic imine (C=N–C) groups is 1. The van der Waals surface area contributed by atoms with E-state index < -0.39 is 0 Å². The first-order chi connectivity index (χ1) is 11.4. The third-order valence-corrected chi connectivity index (χ3v) is 3.57. The first-order valence-corrected chi connectivity index (χ1v) is 7.86. The summed E-state index contributed by atoms with van der Waals surface area (Å²) >= 11 is 0. The lowest BCUT2D eigenvalue weighted by Crippen LogP contribution is -2.25. The van der Waals surface area contributed by atoms with Crippen LogP contribution in [0.4, 0.5) is 0 Å². The fourth-order valence-corrected chi connectivity index (χ4v) is 2.12. The van der Waals surface area contributed by atoms with Crippen LogP contribution in [-0.4, -0.2) is 18.7 Å². The Hall–Kier alpha value is -2.68. The number of nitrogens with one attached hydrogen (secondary N) is 1. The number of benzene rings is 1. The van der Waals surface area contributed by atoms with Gasteiger partial charge in [-0.15, -0.1) is 0 Å². The topological polar surface area (TPSA) is 41.5 Å². The Morgan fingerprint density at radius 2 is 1.88 bits per heavy atom. The normalized spacial score (nSPS) is 12.8. The van der Waals surface area contributed by atoms with Crippen LogP contribution >= 0.6 is 0 Å². The van der Waals surface area contributed by atoms with E-state index >= 15 is 0 Å². The Kier molecular flexibility index (Phi) is 7.63. The molecule has 24 heavy (non-hydrogen) atoms. The molecule has 1 rings (SSSR count). The minimum absolute atomic E-state index is 0.157. The molecule has 0 heterocycles. The summed E-state index contributed by atoms with van der Waals surface area (Å²) in [7, 11) is 1.70. The maximum Gasteiger partial charge on any atom is 0.251 e. The molecule has 1 amide bonds. The van der Waals surface area contributed by atoms with Crippen LogP contribution in [0.5, 0.6) is 0 Å². The molecule has 1 N–H and O–H groups in total. The molecule has 0 unspecified atom stereocenters. The van der Waals surface area contributed by atoms with Gasteiger partial charge < -0.3 is 5.32 Å². The van der Waals surface area contributed by atoms with Crippen molar-refractivity contribution in [2.24, 2.45) is 4.99 Å². The molecule has 0 aliphatic rings. The number of carbonyl (C=O) groups excluding carboxylic acids is 1. The number of hydrogen-bond donors (Lipinski definition) is 1. The van der Waals surface area contributed by atoms with Crippen LogP contribution in [-0.2, 0) is 11.3 Å². The van der Waals surface area contributed by atoms with E-state index in [0.29, 0.717) is 17.7 Å². The lowest BCUT2D eigenvalue weighted by Gasteiger charge is -2.10. The van der Waals surface area contributed by atoms with Gasteiger partial charge >= 0.3 is 0 Å². The van der Waals surface area contributed by atoms with Crippen molar-refractivity contribution >= 4 is 11.6 Å². The minimum Gasteiger partial charge on any atom is -0.348 e. The van der Waals surface area contributed by atoms with Crippen molar-refractivity contribution in [3.63, 3.8) is 0 Å². The van der Waals surface area contributed by atoms with Crippen LogP contribution < -0.4 is 5.32 Å². The zero-order valence-electron chi connectivity index (χ0n) is 15.0. The second-order valence-electron chi connectivity index (χ2n) is 5.70. The van der Waals surface area contributed by atoms with Crippen molar-refractivity contribution < 1.29 is 4.79 Å². The second kappa shape index (κ2) is 9.46. The molecule has 1 aromatic carbocycles. The first kappa shape index (κ1) is 19.4. The highest BCUT2D eigenvalue weighted by Crippen LogP contribution is 2.11. The van der Waals surface area contributed by atoms with Gasteiger partial charge in [0, 0.05) is 19.2 Å². The number of aryl methyl sites for hydroxylation is 1. The zero-order valence-corrected chi connectivity index (χ0v) is 15.0. The average Bonchev–Trinajstić information content (AvgIpc) is 2.54. The predicted octanol–water partition coefficient (Wildman–Crippen LogP) is 4.32. The fourth-order valence-electron chi connectivity index (χ4n) is 2.12. The number of carbonyl (C=O) groups is 1. The highest BCUT2D eigenvalue weighted by atomic mass is 16.1. The minimum atomic E-state index is -0.157. The summed E-state index contributed by atoms with van der Waals surface area (Å²) in [5, 5.41) is 2.94. The van der Waals surface area contributed by atoms with Crippen LogP contribution in [0.3, 0.4) is 0 Å². The highest BCUT2D eigenvalue weighted by molar-refractivity contribution is 6.13. The van der Waals surface area contributed by atoms with E-state index in [2.05, 4.69) is 23.5 Å². The largest absolute Gasteiger partial charge is 0.348 e. The maximum absolute atomic E-state index is 12.5. The van der Waals surface area contributed by atoms with Gasteiger partial charge in [0.15, 0.2) is 0 Å². The first-order valence-electron chi connectivity index (χ1n) is 7.86. The van der Waals surface area contributed by atoms with Gasteiger partial charge in [-0.25, -0.2) is 0 Å². The summed E-state index contributed by atoms with van der Waals surface area (Å²) in [5.74, 6) is -0.157. The molecule has 1 aromatic rings. The van der Waals surface area contributed by atoms with E-state index in [4.69, 9.17) is 0 Å². The van der Waals surface area contributed by atoms with E-state index in [1.807, 2.05) is 51.1 Å². The van der Waals surface area contributed by atoms with Gasteiger partial charge in [-0.1, -0.05) is 55.1 Å². The van der Waals surface area contributed by atoms with Gasteiger partial charge in [-0.3, -0.25) is 9.79 Å². The van der Waals surface area contributed by atoms with Crippen molar-refractivity contribution in [1.29, 1.82) is 0 Å². The summed E-state index contributed by atoms with van der Waals surface area (Å²) in [6.45, 7) is 13.9. The van der Waals surface area contributed by atoms with Crippen LogP contribution in [0.1, 0.15) is 25.0 Å². The van der Waals surface area contributed by atoms with Crippen LogP contribution in [0, 0.1) is 6.92 Å². The van der Waals surface area contributed by atoms with Gasteiger partial charge in [0.05, 0.1) is 5.71 Å². The molecule has 3 nitrogen and oxygen atoms in total. The summed E-state index contributed by atoms with van der Waals surface area (Å²) in [6.07, 6.45) is 5.33. The zero-order chi connectivity index (χ0) is 18.1. The average molecular weight is 322 g/mol. The van der Waals surface area contributed by atoms with Crippen molar-refractivity contribution in [1.82, 2.24) is 5.32 Å². The van der Waals surface area contributed by atoms with Gasteiger partial charge in [-0.2, -0.15) is 0 Å². The molecule has 0 spiro atoms. The van der Waals surface area contributed by atoms with Gasteiger partial charge in [0.25, 0.3) is 5.91 Å². The van der Waals surface area contributed by atoms with Gasteiger partial charge in [0.2, 0.25) is 0 Å². The third-order valence-electron chi connectivity index (χ3n) is 3.57. The summed E-state index contributed by atoms with van der Waals surface area (Å²) in [4.78, 5) is 16.8. The van der Waals surface area contributed by atoms with Crippen LogP contribution in [0.25, 0.3) is 0 Å². The van der Waals surface area contributed by atoms with Crippen molar-refractivity contribution in [3.05, 3.63) is 83.5 Å². The molecular formula is C21H26N2O. The van der Waals surface area contributed by atoms with Crippen molar-refractivity contribution in [2.45, 2.75) is 27.3 Å². The summed E-state index contributed by atoms with van der Waals surface area (Å²) in [6, 6.07) is 8.08. The standard InChI is InChI=1S/C21H26N2O/c1-7-8-17(5)20(22-6)13-19(15(2)3)21(24)23-14-18-11-9-16(4)10-12-18/h7-13H,1-2,14H2,3-6H3,(H,23,24)/b17-8+,19-13+,22-20?. The lowest BCUT2D eigenvalue weighted by atomic mass is 10.0. The molecule has 0 radical (unpaired) electrons. The van der Waals surface area contributed by atoms with E-state index in [0.717, 1.165) is 16.8 Å². The molecule has 0 aromatic heterocycles. The second-order valence-corrected chi connectivity index (χ2v) is 5.70. The quantitative estimate of drug-likeness (QED) is 0.453. The number of allylic oxidation sites excluding steroid dienone is 4. The monoisotopic (exact) mass is 322 g/mol. The molecule has 0 aliphatic carbocycles. The Morgan fingerprint density at radius 3 is 2.38 bits per heavy atom. The Bertz CT molecular complexity index is 704. The number of nitrogens with zero attached hydrogens (tertiary/aromatic N) is 1. The third kappa shape index (κ3) is 5.84. The smallest absolute Gasteiger partial charge is 0.251 e.